The molecule has 0 heterocycles. The van der Waals surface area contributed by atoms with Crippen LogP contribution in [0.25, 0.3) is 0 Å². The van der Waals surface area contributed by atoms with Gasteiger partial charge in [0.2, 0.25) is 0 Å². The van der Waals surface area contributed by atoms with Crippen LogP contribution in [0.2, 0.25) is 0 Å². The molecular formula is C14H21NO3. The molecule has 0 unspecified atom stereocenters. The minimum absolute atomic E-state index is 0.207. The molecule has 2 N–H and O–H groups in total. The SMILES string of the molecule is CC(C)N(CCCC(=O)O)Cc1ccc(O)cc1. The fourth-order valence-corrected chi connectivity index (χ4v) is 1.79. The molecule has 0 bridgehead atoms. The third-order valence-electron chi connectivity index (χ3n) is 2.89. The number of aromatic hydroxyl groups is 1. The Morgan fingerprint density at radius 1 is 1.28 bits per heavy atom. The van der Waals surface area contributed by atoms with Crippen LogP contribution in [0.3, 0.4) is 0 Å². The number of nitrogens with zero attached hydrogens (tertiary/aromatic N) is 1. The number of hydrogen-bond acceptors (Lipinski definition) is 3. The van der Waals surface area contributed by atoms with Crippen molar-refractivity contribution in [1.29, 1.82) is 0 Å². The van der Waals surface area contributed by atoms with Crippen molar-refractivity contribution in [2.75, 3.05) is 6.54 Å². The first-order valence-corrected chi connectivity index (χ1v) is 6.23. The van der Waals surface area contributed by atoms with Crippen LogP contribution in [0.4, 0.5) is 0 Å². The van der Waals surface area contributed by atoms with Gasteiger partial charge in [-0.25, -0.2) is 0 Å². The Labute approximate surface area is 108 Å². The summed E-state index contributed by atoms with van der Waals surface area (Å²) < 4.78 is 0. The first-order valence-electron chi connectivity index (χ1n) is 6.23. The summed E-state index contributed by atoms with van der Waals surface area (Å²) in [4.78, 5) is 12.7. The van der Waals surface area contributed by atoms with Gasteiger partial charge in [0, 0.05) is 19.0 Å². The summed E-state index contributed by atoms with van der Waals surface area (Å²) in [5.41, 5.74) is 1.12. The predicted molar refractivity (Wildman–Crippen MR) is 70.5 cm³/mol. The number of carboxylic acid groups (broad SMARTS) is 1. The van der Waals surface area contributed by atoms with Crippen LogP contribution in [-0.2, 0) is 11.3 Å². The maximum atomic E-state index is 10.5. The smallest absolute Gasteiger partial charge is 0.303 e. The van der Waals surface area contributed by atoms with E-state index in [1.54, 1.807) is 12.1 Å². The molecule has 0 aliphatic rings. The molecule has 1 aromatic rings. The quantitative estimate of drug-likeness (QED) is 0.781. The Bertz CT molecular complexity index is 373. The fourth-order valence-electron chi connectivity index (χ4n) is 1.79. The number of benzene rings is 1. The van der Waals surface area contributed by atoms with Gasteiger partial charge >= 0.3 is 5.97 Å². The number of hydrogen-bond donors (Lipinski definition) is 2. The predicted octanol–water partition coefficient (Wildman–Crippen LogP) is 2.47. The zero-order valence-electron chi connectivity index (χ0n) is 11.0. The molecule has 0 aromatic heterocycles. The van der Waals surface area contributed by atoms with Gasteiger partial charge in [-0.3, -0.25) is 9.69 Å². The average Bonchev–Trinajstić information content (AvgIpc) is 2.30. The summed E-state index contributed by atoms with van der Waals surface area (Å²) in [6.07, 6.45) is 0.865. The topological polar surface area (TPSA) is 60.8 Å². The summed E-state index contributed by atoms with van der Waals surface area (Å²) in [5, 5.41) is 17.9. The molecule has 100 valence electrons. The van der Waals surface area contributed by atoms with Gasteiger partial charge in [0.25, 0.3) is 0 Å². The van der Waals surface area contributed by atoms with Crippen LogP contribution in [0, 0.1) is 0 Å². The largest absolute Gasteiger partial charge is 0.508 e. The van der Waals surface area contributed by atoms with Gasteiger partial charge in [-0.05, 0) is 44.5 Å². The van der Waals surface area contributed by atoms with Crippen molar-refractivity contribution in [2.45, 2.75) is 39.3 Å². The number of carboxylic acids is 1. The maximum Gasteiger partial charge on any atom is 0.303 e. The van der Waals surface area contributed by atoms with E-state index in [9.17, 15) is 9.90 Å². The van der Waals surface area contributed by atoms with Crippen molar-refractivity contribution >= 4 is 5.97 Å². The molecule has 18 heavy (non-hydrogen) atoms. The molecule has 0 amide bonds. The normalized spacial score (nSPS) is 11.1. The van der Waals surface area contributed by atoms with E-state index >= 15 is 0 Å². The van der Waals surface area contributed by atoms with E-state index in [0.717, 1.165) is 18.7 Å². The maximum absolute atomic E-state index is 10.5. The Morgan fingerprint density at radius 2 is 1.89 bits per heavy atom. The van der Waals surface area contributed by atoms with Crippen LogP contribution in [-0.4, -0.2) is 33.7 Å². The second-order valence-corrected chi connectivity index (χ2v) is 4.73. The minimum atomic E-state index is -0.747. The third kappa shape index (κ3) is 5.19. The van der Waals surface area contributed by atoms with Crippen LogP contribution in [0.15, 0.2) is 24.3 Å². The fraction of sp³-hybridized carbons (Fsp3) is 0.500. The molecule has 0 spiro atoms. The molecule has 0 aliphatic heterocycles. The molecule has 4 heteroatoms. The molecule has 1 rings (SSSR count). The summed E-state index contributed by atoms with van der Waals surface area (Å²) in [5.74, 6) is -0.482. The van der Waals surface area contributed by atoms with Crippen molar-refractivity contribution in [2.24, 2.45) is 0 Å². The standard InChI is InChI=1S/C14H21NO3/c1-11(2)15(9-3-4-14(17)18)10-12-5-7-13(16)8-6-12/h5-8,11,16H,3-4,9-10H2,1-2H3,(H,17,18). The molecular weight excluding hydrogens is 230 g/mol. The zero-order chi connectivity index (χ0) is 13.5. The lowest BCUT2D eigenvalue weighted by Gasteiger charge is -2.26. The van der Waals surface area contributed by atoms with Gasteiger partial charge in [0.1, 0.15) is 5.75 Å². The first kappa shape index (κ1) is 14.5. The third-order valence-corrected chi connectivity index (χ3v) is 2.89. The van der Waals surface area contributed by atoms with Gasteiger partial charge in [0.05, 0.1) is 0 Å². The Balaban J connectivity index is 2.52. The molecule has 1 aromatic carbocycles. The highest BCUT2D eigenvalue weighted by molar-refractivity contribution is 5.66. The van der Waals surface area contributed by atoms with Crippen LogP contribution in [0.1, 0.15) is 32.3 Å². The van der Waals surface area contributed by atoms with Crippen molar-refractivity contribution in [3.05, 3.63) is 29.8 Å². The van der Waals surface area contributed by atoms with E-state index in [-0.39, 0.29) is 12.2 Å². The van der Waals surface area contributed by atoms with Crippen molar-refractivity contribution < 1.29 is 15.0 Å². The molecule has 0 saturated heterocycles. The summed E-state index contributed by atoms with van der Waals surface area (Å²) in [6.45, 7) is 5.74. The van der Waals surface area contributed by atoms with Crippen molar-refractivity contribution in [3.8, 4) is 5.75 Å². The number of phenols is 1. The summed E-state index contributed by atoms with van der Waals surface area (Å²) in [7, 11) is 0. The van der Waals surface area contributed by atoms with Gasteiger partial charge in [-0.2, -0.15) is 0 Å². The van der Waals surface area contributed by atoms with E-state index in [0.29, 0.717) is 12.5 Å². The number of carbonyl (C=O) groups is 1. The lowest BCUT2D eigenvalue weighted by Crippen LogP contribution is -2.31. The molecule has 0 aliphatic carbocycles. The van der Waals surface area contributed by atoms with Gasteiger partial charge in [0.15, 0.2) is 0 Å². The highest BCUT2D eigenvalue weighted by atomic mass is 16.4. The molecule has 4 nitrogen and oxygen atoms in total. The first-order chi connectivity index (χ1) is 8.49. The van der Waals surface area contributed by atoms with Crippen LogP contribution < -0.4 is 0 Å². The highest BCUT2D eigenvalue weighted by Gasteiger charge is 2.10. The van der Waals surface area contributed by atoms with Gasteiger partial charge < -0.3 is 10.2 Å². The van der Waals surface area contributed by atoms with E-state index in [4.69, 9.17) is 5.11 Å². The van der Waals surface area contributed by atoms with Crippen molar-refractivity contribution in [3.63, 3.8) is 0 Å². The molecule has 0 radical (unpaired) electrons. The summed E-state index contributed by atoms with van der Waals surface area (Å²) >= 11 is 0. The lowest BCUT2D eigenvalue weighted by atomic mass is 10.1. The van der Waals surface area contributed by atoms with E-state index < -0.39 is 5.97 Å². The van der Waals surface area contributed by atoms with Crippen molar-refractivity contribution in [1.82, 2.24) is 4.90 Å². The minimum Gasteiger partial charge on any atom is -0.508 e. The number of rotatable bonds is 7. The second kappa shape index (κ2) is 7.01. The molecule has 0 saturated carbocycles. The van der Waals surface area contributed by atoms with E-state index in [1.165, 1.54) is 0 Å². The molecule has 0 atom stereocenters. The average molecular weight is 251 g/mol. The lowest BCUT2D eigenvalue weighted by molar-refractivity contribution is -0.137. The van der Waals surface area contributed by atoms with E-state index in [1.807, 2.05) is 12.1 Å². The monoisotopic (exact) mass is 251 g/mol. The second-order valence-electron chi connectivity index (χ2n) is 4.73. The van der Waals surface area contributed by atoms with Crippen LogP contribution in [0.5, 0.6) is 5.75 Å². The molecule has 0 fully saturated rings. The Kier molecular flexibility index (Phi) is 5.65. The van der Waals surface area contributed by atoms with E-state index in [2.05, 4.69) is 18.7 Å². The number of phenolic OH excluding ortho intramolecular Hbond substituents is 1. The van der Waals surface area contributed by atoms with Crippen LogP contribution >= 0.6 is 0 Å². The highest BCUT2D eigenvalue weighted by Crippen LogP contribution is 2.13. The van der Waals surface area contributed by atoms with Gasteiger partial charge in [-0.1, -0.05) is 12.1 Å². The Morgan fingerprint density at radius 3 is 2.39 bits per heavy atom. The number of aliphatic carboxylic acids is 1. The van der Waals surface area contributed by atoms with Gasteiger partial charge in [-0.15, -0.1) is 0 Å². The summed E-state index contributed by atoms with van der Waals surface area (Å²) in [6, 6.07) is 7.49. The Hall–Kier alpha value is -1.55. The zero-order valence-corrected chi connectivity index (χ0v) is 11.0.